The summed E-state index contributed by atoms with van der Waals surface area (Å²) in [6.45, 7) is 4.92. The number of nitrogens with one attached hydrogen (secondary N) is 1. The molecular weight excluding hydrogens is 326 g/mol. The van der Waals surface area contributed by atoms with E-state index in [1.54, 1.807) is 22.5 Å². The average molecular weight is 345 g/mol. The van der Waals surface area contributed by atoms with Gasteiger partial charge in [-0.15, -0.1) is 11.7 Å². The van der Waals surface area contributed by atoms with Gasteiger partial charge in [-0.3, -0.25) is 4.79 Å². The molecule has 8 heteroatoms. The molecule has 1 aliphatic heterocycles. The second-order valence-corrected chi connectivity index (χ2v) is 6.41. The Bertz CT molecular complexity index is 731. The lowest BCUT2D eigenvalue weighted by molar-refractivity contribution is -0.116. The predicted molar refractivity (Wildman–Crippen MR) is 92.2 cm³/mol. The number of aromatic nitrogens is 4. The van der Waals surface area contributed by atoms with Crippen LogP contribution in [0.5, 0.6) is 5.75 Å². The summed E-state index contributed by atoms with van der Waals surface area (Å²) in [6, 6.07) is 5.80. The third kappa shape index (κ3) is 4.14. The normalized spacial score (nSPS) is 13.2. The Balaban J connectivity index is 1.43. The number of hydrogen-bond acceptors (Lipinski definition) is 6. The molecule has 1 aromatic carbocycles. The van der Waals surface area contributed by atoms with Gasteiger partial charge >= 0.3 is 0 Å². The fourth-order valence-corrected chi connectivity index (χ4v) is 3.20. The molecule has 24 heavy (non-hydrogen) atoms. The summed E-state index contributed by atoms with van der Waals surface area (Å²) >= 11 is 1.60. The van der Waals surface area contributed by atoms with Crippen LogP contribution in [0, 0.1) is 0 Å². The Morgan fingerprint density at radius 3 is 3.21 bits per heavy atom. The number of carbonyl (C=O) groups excluding carboxylic acids is 1. The minimum absolute atomic E-state index is 0.0759. The number of amides is 1. The summed E-state index contributed by atoms with van der Waals surface area (Å²) in [4.78, 5) is 11.4. The monoisotopic (exact) mass is 345 g/mol. The van der Waals surface area contributed by atoms with Gasteiger partial charge in [-0.25, -0.2) is 4.68 Å². The van der Waals surface area contributed by atoms with Crippen molar-refractivity contribution < 1.29 is 9.53 Å². The number of rotatable bonds is 8. The zero-order valence-electron chi connectivity index (χ0n) is 13.3. The standard InChI is InChI=1S/C16H19N5O2S/c1-2-8-21-16(18-19-20-21)24-10-3-9-23-13-5-6-14-12(11-13)4-7-15(22)17-14/h2,5-6,11H,1,3-4,7-10H2,(H,17,22). The molecule has 2 aromatic rings. The van der Waals surface area contributed by atoms with E-state index in [1.807, 2.05) is 18.2 Å². The number of tetrazole rings is 1. The van der Waals surface area contributed by atoms with E-state index < -0.39 is 0 Å². The van der Waals surface area contributed by atoms with Crippen molar-refractivity contribution in [2.75, 3.05) is 17.7 Å². The molecule has 1 aromatic heterocycles. The third-order valence-corrected chi connectivity index (χ3v) is 4.61. The van der Waals surface area contributed by atoms with Gasteiger partial charge in [0.2, 0.25) is 11.1 Å². The number of ether oxygens (including phenoxy) is 1. The molecule has 0 saturated heterocycles. The van der Waals surface area contributed by atoms with Crippen molar-refractivity contribution >= 4 is 23.4 Å². The lowest BCUT2D eigenvalue weighted by Crippen LogP contribution is -2.18. The van der Waals surface area contributed by atoms with Crippen molar-refractivity contribution in [3.63, 3.8) is 0 Å². The largest absolute Gasteiger partial charge is 0.494 e. The van der Waals surface area contributed by atoms with Gasteiger partial charge in [0.1, 0.15) is 5.75 Å². The second-order valence-electron chi connectivity index (χ2n) is 5.35. The number of anilines is 1. The van der Waals surface area contributed by atoms with Gasteiger partial charge in [-0.2, -0.15) is 0 Å². The first-order chi connectivity index (χ1) is 11.8. The molecule has 3 rings (SSSR count). The molecule has 0 fully saturated rings. The fourth-order valence-electron chi connectivity index (χ4n) is 2.40. The number of thioether (sulfide) groups is 1. The van der Waals surface area contributed by atoms with Gasteiger partial charge in [0, 0.05) is 17.9 Å². The molecule has 126 valence electrons. The van der Waals surface area contributed by atoms with Crippen LogP contribution in [-0.2, 0) is 17.8 Å². The first kappa shape index (κ1) is 16.5. The summed E-state index contributed by atoms with van der Waals surface area (Å²) in [5, 5.41) is 15.2. The summed E-state index contributed by atoms with van der Waals surface area (Å²) in [7, 11) is 0. The van der Waals surface area contributed by atoms with Gasteiger partial charge < -0.3 is 10.1 Å². The van der Waals surface area contributed by atoms with Crippen LogP contribution < -0.4 is 10.1 Å². The molecule has 0 spiro atoms. The molecule has 0 unspecified atom stereocenters. The van der Waals surface area contributed by atoms with E-state index in [-0.39, 0.29) is 5.91 Å². The number of allylic oxidation sites excluding steroid dienone is 1. The topological polar surface area (TPSA) is 81.9 Å². The van der Waals surface area contributed by atoms with Gasteiger partial charge in [-0.1, -0.05) is 17.8 Å². The van der Waals surface area contributed by atoms with Crippen molar-refractivity contribution in [2.45, 2.75) is 31.0 Å². The zero-order chi connectivity index (χ0) is 16.8. The van der Waals surface area contributed by atoms with Crippen LogP contribution >= 0.6 is 11.8 Å². The van der Waals surface area contributed by atoms with E-state index in [0.29, 0.717) is 19.6 Å². The number of nitrogens with zero attached hydrogens (tertiary/aromatic N) is 4. The van der Waals surface area contributed by atoms with E-state index >= 15 is 0 Å². The van der Waals surface area contributed by atoms with Gasteiger partial charge in [0.25, 0.3) is 0 Å². The lowest BCUT2D eigenvalue weighted by Gasteiger charge is -2.17. The molecule has 1 amide bonds. The molecule has 0 radical (unpaired) electrons. The maximum Gasteiger partial charge on any atom is 0.224 e. The molecule has 1 N–H and O–H groups in total. The van der Waals surface area contributed by atoms with Crippen LogP contribution in [-0.4, -0.2) is 38.5 Å². The van der Waals surface area contributed by atoms with Crippen molar-refractivity contribution in [3.05, 3.63) is 36.4 Å². The summed E-state index contributed by atoms with van der Waals surface area (Å²) in [6.07, 6.45) is 3.95. The molecular formula is C16H19N5O2S. The minimum Gasteiger partial charge on any atom is -0.494 e. The number of benzene rings is 1. The number of fused-ring (bicyclic) bond motifs is 1. The SMILES string of the molecule is C=CCn1nnnc1SCCCOc1ccc2c(c1)CCC(=O)N2. The van der Waals surface area contributed by atoms with Crippen LogP contribution in [0.4, 0.5) is 5.69 Å². The van der Waals surface area contributed by atoms with Crippen LogP contribution in [0.25, 0.3) is 0 Å². The summed E-state index contributed by atoms with van der Waals surface area (Å²) < 4.78 is 7.51. The molecule has 2 heterocycles. The molecule has 0 aliphatic carbocycles. The lowest BCUT2D eigenvalue weighted by atomic mass is 10.0. The van der Waals surface area contributed by atoms with Gasteiger partial charge in [0.05, 0.1) is 13.2 Å². The Kier molecular flexibility index (Phi) is 5.47. The zero-order valence-corrected chi connectivity index (χ0v) is 14.1. The Morgan fingerprint density at radius 1 is 1.42 bits per heavy atom. The summed E-state index contributed by atoms with van der Waals surface area (Å²) in [5.41, 5.74) is 2.02. The average Bonchev–Trinajstić information content (AvgIpc) is 3.02. The van der Waals surface area contributed by atoms with E-state index in [2.05, 4.69) is 27.4 Å². The van der Waals surface area contributed by atoms with Gasteiger partial charge in [-0.05, 0) is 47.0 Å². The van der Waals surface area contributed by atoms with Crippen LogP contribution in [0.2, 0.25) is 0 Å². The van der Waals surface area contributed by atoms with Crippen molar-refractivity contribution in [3.8, 4) is 5.75 Å². The number of carbonyl (C=O) groups is 1. The Labute approximate surface area is 144 Å². The Morgan fingerprint density at radius 2 is 2.33 bits per heavy atom. The van der Waals surface area contributed by atoms with E-state index in [9.17, 15) is 4.79 Å². The van der Waals surface area contributed by atoms with Crippen molar-refractivity contribution in [2.24, 2.45) is 0 Å². The van der Waals surface area contributed by atoms with E-state index in [1.165, 1.54) is 0 Å². The highest BCUT2D eigenvalue weighted by atomic mass is 32.2. The maximum atomic E-state index is 11.4. The van der Waals surface area contributed by atoms with Crippen molar-refractivity contribution in [1.29, 1.82) is 0 Å². The fraction of sp³-hybridized carbons (Fsp3) is 0.375. The first-order valence-electron chi connectivity index (χ1n) is 7.81. The molecule has 0 atom stereocenters. The van der Waals surface area contributed by atoms with Crippen LogP contribution in [0.15, 0.2) is 36.0 Å². The highest BCUT2D eigenvalue weighted by Gasteiger charge is 2.15. The first-order valence-corrected chi connectivity index (χ1v) is 8.80. The number of hydrogen-bond donors (Lipinski definition) is 1. The third-order valence-electron chi connectivity index (χ3n) is 3.56. The van der Waals surface area contributed by atoms with Gasteiger partial charge in [0.15, 0.2) is 0 Å². The van der Waals surface area contributed by atoms with E-state index in [0.717, 1.165) is 40.8 Å². The van der Waals surface area contributed by atoms with E-state index in [4.69, 9.17) is 4.74 Å². The van der Waals surface area contributed by atoms with Crippen LogP contribution in [0.3, 0.4) is 0 Å². The smallest absolute Gasteiger partial charge is 0.224 e. The molecule has 0 saturated carbocycles. The highest BCUT2D eigenvalue weighted by molar-refractivity contribution is 7.99. The quantitative estimate of drug-likeness (QED) is 0.449. The van der Waals surface area contributed by atoms with Crippen molar-refractivity contribution in [1.82, 2.24) is 20.2 Å². The highest BCUT2D eigenvalue weighted by Crippen LogP contribution is 2.27. The molecule has 7 nitrogen and oxygen atoms in total. The molecule has 1 aliphatic rings. The van der Waals surface area contributed by atoms with Crippen LogP contribution in [0.1, 0.15) is 18.4 Å². The predicted octanol–water partition coefficient (Wildman–Crippen LogP) is 2.30. The second kappa shape index (κ2) is 7.96. The Hall–Kier alpha value is -2.35. The minimum atomic E-state index is 0.0759. The maximum absolute atomic E-state index is 11.4. The molecule has 0 bridgehead atoms. The summed E-state index contributed by atoms with van der Waals surface area (Å²) in [5.74, 6) is 1.79. The number of aryl methyl sites for hydroxylation is 1.